The SMILES string of the molecule is CCCCCC(C)C(O)(O)C1CCCCC1. The Kier molecular flexibility index (Phi) is 5.77. The van der Waals surface area contributed by atoms with Crippen LogP contribution >= 0.6 is 0 Å². The van der Waals surface area contributed by atoms with E-state index in [1.165, 1.54) is 19.3 Å². The Hall–Kier alpha value is -0.0800. The molecule has 0 saturated heterocycles. The second kappa shape index (κ2) is 6.61. The molecule has 0 aliphatic heterocycles. The molecule has 0 aromatic heterocycles. The average molecular weight is 228 g/mol. The maximum atomic E-state index is 10.3. The molecule has 0 aromatic carbocycles. The third-order valence-electron chi connectivity index (χ3n) is 4.17. The summed E-state index contributed by atoms with van der Waals surface area (Å²) in [5.41, 5.74) is 0. The Labute approximate surface area is 100 Å². The van der Waals surface area contributed by atoms with Crippen LogP contribution in [0.15, 0.2) is 0 Å². The Bertz CT molecular complexity index is 183. The highest BCUT2D eigenvalue weighted by atomic mass is 16.5. The van der Waals surface area contributed by atoms with Gasteiger partial charge >= 0.3 is 0 Å². The van der Waals surface area contributed by atoms with Crippen LogP contribution in [0.3, 0.4) is 0 Å². The number of hydrogen-bond donors (Lipinski definition) is 2. The van der Waals surface area contributed by atoms with Crippen molar-refractivity contribution in [2.45, 2.75) is 77.4 Å². The Morgan fingerprint density at radius 2 is 1.75 bits per heavy atom. The standard InChI is InChI=1S/C14H28O2/c1-3-4-6-9-12(2)14(15,16)13-10-7-5-8-11-13/h12-13,15-16H,3-11H2,1-2H3. The van der Waals surface area contributed by atoms with Gasteiger partial charge in [-0.15, -0.1) is 0 Å². The van der Waals surface area contributed by atoms with Crippen LogP contribution in [0.4, 0.5) is 0 Å². The van der Waals surface area contributed by atoms with Gasteiger partial charge in [-0.1, -0.05) is 52.4 Å². The zero-order valence-electron chi connectivity index (χ0n) is 10.9. The highest BCUT2D eigenvalue weighted by molar-refractivity contribution is 4.83. The Morgan fingerprint density at radius 1 is 1.12 bits per heavy atom. The summed E-state index contributed by atoms with van der Waals surface area (Å²) in [6, 6.07) is 0. The van der Waals surface area contributed by atoms with Crippen molar-refractivity contribution in [1.82, 2.24) is 0 Å². The van der Waals surface area contributed by atoms with Gasteiger partial charge in [0.2, 0.25) is 0 Å². The molecule has 0 amide bonds. The van der Waals surface area contributed by atoms with Crippen LogP contribution in [-0.4, -0.2) is 16.0 Å². The smallest absolute Gasteiger partial charge is 0.167 e. The van der Waals surface area contributed by atoms with E-state index >= 15 is 0 Å². The first-order valence-corrected chi connectivity index (χ1v) is 7.03. The highest BCUT2D eigenvalue weighted by Crippen LogP contribution is 2.37. The van der Waals surface area contributed by atoms with Gasteiger partial charge in [-0.25, -0.2) is 0 Å². The van der Waals surface area contributed by atoms with E-state index in [0.717, 1.165) is 38.5 Å². The molecule has 16 heavy (non-hydrogen) atoms. The first-order chi connectivity index (χ1) is 7.59. The van der Waals surface area contributed by atoms with E-state index in [2.05, 4.69) is 6.92 Å². The molecular weight excluding hydrogens is 200 g/mol. The van der Waals surface area contributed by atoms with Crippen molar-refractivity contribution in [3.05, 3.63) is 0 Å². The quantitative estimate of drug-likeness (QED) is 0.540. The van der Waals surface area contributed by atoms with Gasteiger partial charge in [0.1, 0.15) is 0 Å². The van der Waals surface area contributed by atoms with Crippen LogP contribution in [0.2, 0.25) is 0 Å². The molecule has 2 heteroatoms. The highest BCUT2D eigenvalue weighted by Gasteiger charge is 2.39. The molecule has 1 fully saturated rings. The molecule has 96 valence electrons. The lowest BCUT2D eigenvalue weighted by atomic mass is 9.77. The van der Waals surface area contributed by atoms with Gasteiger partial charge in [-0.05, 0) is 19.3 Å². The molecule has 2 N–H and O–H groups in total. The lowest BCUT2D eigenvalue weighted by Crippen LogP contribution is -2.44. The fourth-order valence-electron chi connectivity index (χ4n) is 2.84. The average Bonchev–Trinajstić information content (AvgIpc) is 2.30. The third kappa shape index (κ3) is 3.74. The number of aliphatic hydroxyl groups is 2. The summed E-state index contributed by atoms with van der Waals surface area (Å²) < 4.78 is 0. The molecule has 1 atom stereocenters. The predicted octanol–water partition coefficient (Wildman–Crippen LogP) is 3.46. The maximum absolute atomic E-state index is 10.3. The summed E-state index contributed by atoms with van der Waals surface area (Å²) in [5, 5.41) is 20.5. The minimum absolute atomic E-state index is 0.0159. The van der Waals surface area contributed by atoms with E-state index in [4.69, 9.17) is 0 Å². The molecule has 1 rings (SSSR count). The molecule has 1 aliphatic rings. The molecule has 2 nitrogen and oxygen atoms in total. The van der Waals surface area contributed by atoms with Crippen LogP contribution in [0.25, 0.3) is 0 Å². The summed E-state index contributed by atoms with van der Waals surface area (Å²) in [5.74, 6) is -1.30. The van der Waals surface area contributed by atoms with Gasteiger partial charge in [0, 0.05) is 11.8 Å². The van der Waals surface area contributed by atoms with Crippen LogP contribution in [0.1, 0.15) is 71.6 Å². The number of rotatable bonds is 6. The summed E-state index contributed by atoms with van der Waals surface area (Å²) in [7, 11) is 0. The number of hydrogen-bond acceptors (Lipinski definition) is 2. The molecule has 1 aliphatic carbocycles. The van der Waals surface area contributed by atoms with Crippen molar-refractivity contribution in [1.29, 1.82) is 0 Å². The topological polar surface area (TPSA) is 40.5 Å². The lowest BCUT2D eigenvalue weighted by Gasteiger charge is -2.38. The summed E-state index contributed by atoms with van der Waals surface area (Å²) >= 11 is 0. The van der Waals surface area contributed by atoms with Gasteiger partial charge in [-0.2, -0.15) is 0 Å². The van der Waals surface area contributed by atoms with Crippen molar-refractivity contribution in [2.75, 3.05) is 0 Å². The minimum Gasteiger partial charge on any atom is -0.365 e. The van der Waals surface area contributed by atoms with Crippen LogP contribution < -0.4 is 0 Å². The van der Waals surface area contributed by atoms with Crippen molar-refractivity contribution < 1.29 is 10.2 Å². The summed E-state index contributed by atoms with van der Waals surface area (Å²) in [6.45, 7) is 4.17. The molecule has 1 unspecified atom stereocenters. The van der Waals surface area contributed by atoms with Gasteiger partial charge < -0.3 is 10.2 Å². The van der Waals surface area contributed by atoms with Crippen molar-refractivity contribution in [2.24, 2.45) is 11.8 Å². The van der Waals surface area contributed by atoms with E-state index < -0.39 is 5.79 Å². The fourth-order valence-corrected chi connectivity index (χ4v) is 2.84. The predicted molar refractivity (Wildman–Crippen MR) is 67.0 cm³/mol. The third-order valence-corrected chi connectivity index (χ3v) is 4.17. The van der Waals surface area contributed by atoms with Gasteiger partial charge in [0.25, 0.3) is 0 Å². The van der Waals surface area contributed by atoms with E-state index in [1.54, 1.807) is 0 Å². The molecule has 1 saturated carbocycles. The normalized spacial score (nSPS) is 21.0. The monoisotopic (exact) mass is 228 g/mol. The number of unbranched alkanes of at least 4 members (excludes halogenated alkanes) is 2. The van der Waals surface area contributed by atoms with Gasteiger partial charge in [0.15, 0.2) is 5.79 Å². The molecule has 0 heterocycles. The first-order valence-electron chi connectivity index (χ1n) is 7.03. The first kappa shape index (κ1) is 14.0. The van der Waals surface area contributed by atoms with E-state index in [1.807, 2.05) is 6.92 Å². The van der Waals surface area contributed by atoms with Gasteiger partial charge in [0.05, 0.1) is 0 Å². The van der Waals surface area contributed by atoms with Crippen molar-refractivity contribution in [3.8, 4) is 0 Å². The summed E-state index contributed by atoms with van der Waals surface area (Å²) in [4.78, 5) is 0. The molecule has 0 aromatic rings. The Morgan fingerprint density at radius 3 is 2.31 bits per heavy atom. The fraction of sp³-hybridized carbons (Fsp3) is 1.00. The van der Waals surface area contributed by atoms with Crippen molar-refractivity contribution in [3.63, 3.8) is 0 Å². The van der Waals surface area contributed by atoms with E-state index in [0.29, 0.717) is 0 Å². The van der Waals surface area contributed by atoms with E-state index in [9.17, 15) is 10.2 Å². The molecule has 0 spiro atoms. The van der Waals surface area contributed by atoms with Gasteiger partial charge in [-0.3, -0.25) is 0 Å². The summed E-state index contributed by atoms with van der Waals surface area (Å²) in [6.07, 6.45) is 10.0. The van der Waals surface area contributed by atoms with Crippen molar-refractivity contribution >= 4 is 0 Å². The van der Waals surface area contributed by atoms with Crippen LogP contribution in [0.5, 0.6) is 0 Å². The second-order valence-corrected chi connectivity index (χ2v) is 5.51. The molecule has 0 bridgehead atoms. The molecular formula is C14H28O2. The second-order valence-electron chi connectivity index (χ2n) is 5.51. The lowest BCUT2D eigenvalue weighted by molar-refractivity contribution is -0.239. The zero-order chi connectivity index (χ0) is 12.0. The largest absolute Gasteiger partial charge is 0.365 e. The zero-order valence-corrected chi connectivity index (χ0v) is 10.9. The van der Waals surface area contributed by atoms with Crippen LogP contribution in [0, 0.1) is 11.8 Å². The molecule has 0 radical (unpaired) electrons. The minimum atomic E-state index is -1.42. The Balaban J connectivity index is 2.40. The maximum Gasteiger partial charge on any atom is 0.167 e. The van der Waals surface area contributed by atoms with Crippen LogP contribution in [-0.2, 0) is 0 Å². The van der Waals surface area contributed by atoms with E-state index in [-0.39, 0.29) is 11.8 Å².